The number of nitrogens with one attached hydrogen (secondary N) is 1. The van der Waals surface area contributed by atoms with Crippen LogP contribution in [0.1, 0.15) is 11.1 Å². The third kappa shape index (κ3) is 5.44. The Morgan fingerprint density at radius 3 is 2.30 bits per heavy atom. The standard InChI is InChI=1S/C24H15ClN4O8/c25-16-6-9-21(37-13-14-4-7-17(8-5-14)28(33)34)15(10-16)11-20-22(30)26-24(32)27(23(20)31)18-2-1-3-19(12-18)29(35)36/h1-12H,13H2,(H,26,30,32)/b20-11+. The van der Waals surface area contributed by atoms with Crippen LogP contribution < -0.4 is 15.0 Å². The van der Waals surface area contributed by atoms with Crippen LogP contribution >= 0.6 is 11.6 Å². The number of carbonyl (C=O) groups is 3. The normalized spacial score (nSPS) is 14.5. The average Bonchev–Trinajstić information content (AvgIpc) is 2.86. The number of anilines is 1. The van der Waals surface area contributed by atoms with Gasteiger partial charge in [-0.15, -0.1) is 0 Å². The maximum atomic E-state index is 13.2. The Hall–Kier alpha value is -5.10. The quantitative estimate of drug-likeness (QED) is 0.206. The molecule has 0 bridgehead atoms. The molecule has 1 saturated heterocycles. The predicted molar refractivity (Wildman–Crippen MR) is 131 cm³/mol. The number of barbiturate groups is 1. The highest BCUT2D eigenvalue weighted by Crippen LogP contribution is 2.29. The summed E-state index contributed by atoms with van der Waals surface area (Å²) in [4.78, 5) is 59.5. The van der Waals surface area contributed by atoms with Crippen LogP contribution in [0.5, 0.6) is 5.75 Å². The summed E-state index contributed by atoms with van der Waals surface area (Å²) < 4.78 is 5.79. The molecule has 3 aromatic rings. The molecule has 0 atom stereocenters. The largest absolute Gasteiger partial charge is 0.488 e. The molecule has 4 rings (SSSR count). The fraction of sp³-hybridized carbons (Fsp3) is 0.0417. The Balaban J connectivity index is 1.65. The summed E-state index contributed by atoms with van der Waals surface area (Å²) in [5, 5.41) is 24.3. The lowest BCUT2D eigenvalue weighted by Gasteiger charge is -2.26. The summed E-state index contributed by atoms with van der Waals surface area (Å²) in [6.45, 7) is 0.00817. The van der Waals surface area contributed by atoms with Crippen molar-refractivity contribution in [2.24, 2.45) is 0 Å². The fourth-order valence-electron chi connectivity index (χ4n) is 3.43. The van der Waals surface area contributed by atoms with Crippen LogP contribution in [0.4, 0.5) is 21.9 Å². The number of nitrogens with zero attached hydrogens (tertiary/aromatic N) is 3. The topological polar surface area (TPSA) is 162 Å². The molecule has 0 unspecified atom stereocenters. The number of halogens is 1. The summed E-state index contributed by atoms with van der Waals surface area (Å²) in [6, 6.07) is 13.9. The van der Waals surface area contributed by atoms with Crippen molar-refractivity contribution in [1.82, 2.24) is 5.32 Å². The van der Waals surface area contributed by atoms with Gasteiger partial charge in [-0.25, -0.2) is 9.69 Å². The Morgan fingerprint density at radius 1 is 0.919 bits per heavy atom. The molecule has 1 aliphatic rings. The molecule has 3 aromatic carbocycles. The van der Waals surface area contributed by atoms with Gasteiger partial charge in [-0.3, -0.25) is 35.1 Å². The van der Waals surface area contributed by atoms with Gasteiger partial charge < -0.3 is 4.74 Å². The third-order valence-corrected chi connectivity index (χ3v) is 5.45. The van der Waals surface area contributed by atoms with Gasteiger partial charge in [0.25, 0.3) is 23.2 Å². The lowest BCUT2D eigenvalue weighted by molar-refractivity contribution is -0.385. The van der Waals surface area contributed by atoms with E-state index in [1.807, 2.05) is 5.32 Å². The van der Waals surface area contributed by atoms with Crippen molar-refractivity contribution in [3.05, 3.63) is 109 Å². The molecule has 13 heteroatoms. The minimum Gasteiger partial charge on any atom is -0.488 e. The number of imide groups is 2. The van der Waals surface area contributed by atoms with Crippen LogP contribution in [0.2, 0.25) is 5.02 Å². The maximum Gasteiger partial charge on any atom is 0.335 e. The van der Waals surface area contributed by atoms with Gasteiger partial charge in [-0.05, 0) is 48.0 Å². The average molecular weight is 523 g/mol. The molecule has 0 saturated carbocycles. The van der Waals surface area contributed by atoms with E-state index < -0.39 is 33.3 Å². The Labute approximate surface area is 213 Å². The molecule has 0 spiro atoms. The summed E-state index contributed by atoms with van der Waals surface area (Å²) in [7, 11) is 0. The van der Waals surface area contributed by atoms with Crippen LogP contribution in [0.15, 0.2) is 72.3 Å². The van der Waals surface area contributed by atoms with E-state index in [9.17, 15) is 34.6 Å². The molecule has 0 aromatic heterocycles. The number of hydrogen-bond acceptors (Lipinski definition) is 8. The molecule has 1 aliphatic heterocycles. The highest BCUT2D eigenvalue weighted by Gasteiger charge is 2.37. The number of benzene rings is 3. The van der Waals surface area contributed by atoms with E-state index in [0.717, 1.165) is 6.07 Å². The molecule has 4 amide bonds. The van der Waals surface area contributed by atoms with Crippen molar-refractivity contribution >= 4 is 52.6 Å². The molecule has 186 valence electrons. The van der Waals surface area contributed by atoms with Crippen molar-refractivity contribution in [1.29, 1.82) is 0 Å². The van der Waals surface area contributed by atoms with Gasteiger partial charge in [0.15, 0.2) is 0 Å². The van der Waals surface area contributed by atoms with E-state index in [2.05, 4.69) is 0 Å². The Kier molecular flexibility index (Phi) is 6.93. The van der Waals surface area contributed by atoms with Crippen LogP contribution in [-0.2, 0) is 16.2 Å². The number of amides is 4. The first-order valence-electron chi connectivity index (χ1n) is 10.5. The SMILES string of the molecule is O=C1NC(=O)N(c2cccc([N+](=O)[O-])c2)C(=O)/C1=C/c1cc(Cl)ccc1OCc1ccc([N+](=O)[O-])cc1. The first-order valence-corrected chi connectivity index (χ1v) is 10.8. The zero-order chi connectivity index (χ0) is 26.7. The summed E-state index contributed by atoms with van der Waals surface area (Å²) >= 11 is 6.10. The highest BCUT2D eigenvalue weighted by molar-refractivity contribution is 6.39. The molecule has 1 N–H and O–H groups in total. The highest BCUT2D eigenvalue weighted by atomic mass is 35.5. The molecule has 1 heterocycles. The second-order valence-corrected chi connectivity index (χ2v) is 8.07. The van der Waals surface area contributed by atoms with E-state index in [4.69, 9.17) is 16.3 Å². The molecular formula is C24H15ClN4O8. The summed E-state index contributed by atoms with van der Waals surface area (Å²) in [6.07, 6.45) is 1.19. The van der Waals surface area contributed by atoms with E-state index >= 15 is 0 Å². The molecule has 0 aliphatic carbocycles. The zero-order valence-corrected chi connectivity index (χ0v) is 19.4. The van der Waals surface area contributed by atoms with E-state index in [1.165, 1.54) is 66.7 Å². The molecule has 37 heavy (non-hydrogen) atoms. The van der Waals surface area contributed by atoms with Crippen LogP contribution in [0.3, 0.4) is 0 Å². The summed E-state index contributed by atoms with van der Waals surface area (Å²) in [5.41, 5.74) is -0.110. The number of carbonyl (C=O) groups excluding carboxylic acids is 3. The number of nitro groups is 2. The third-order valence-electron chi connectivity index (χ3n) is 5.21. The van der Waals surface area contributed by atoms with E-state index in [0.29, 0.717) is 10.5 Å². The van der Waals surface area contributed by atoms with Crippen molar-refractivity contribution in [2.75, 3.05) is 4.90 Å². The summed E-state index contributed by atoms with van der Waals surface area (Å²) in [5.74, 6) is -1.75. The first kappa shape index (κ1) is 25.0. The monoisotopic (exact) mass is 522 g/mol. The number of hydrogen-bond donors (Lipinski definition) is 1. The Morgan fingerprint density at radius 2 is 1.62 bits per heavy atom. The van der Waals surface area contributed by atoms with Gasteiger partial charge in [0.2, 0.25) is 0 Å². The van der Waals surface area contributed by atoms with Gasteiger partial charge in [-0.2, -0.15) is 0 Å². The van der Waals surface area contributed by atoms with Crippen molar-refractivity contribution in [2.45, 2.75) is 6.61 Å². The van der Waals surface area contributed by atoms with Crippen LogP contribution in [0, 0.1) is 20.2 Å². The van der Waals surface area contributed by atoms with Crippen molar-refractivity contribution < 1.29 is 29.0 Å². The Bertz CT molecular complexity index is 1490. The van der Waals surface area contributed by atoms with Gasteiger partial charge >= 0.3 is 6.03 Å². The van der Waals surface area contributed by atoms with E-state index in [-0.39, 0.29) is 40.0 Å². The molecular weight excluding hydrogens is 508 g/mol. The number of rotatable bonds is 7. The fourth-order valence-corrected chi connectivity index (χ4v) is 3.61. The lowest BCUT2D eigenvalue weighted by atomic mass is 10.1. The number of urea groups is 1. The number of nitro benzene ring substituents is 2. The lowest BCUT2D eigenvalue weighted by Crippen LogP contribution is -2.54. The van der Waals surface area contributed by atoms with Crippen molar-refractivity contribution in [3.63, 3.8) is 0 Å². The minimum atomic E-state index is -1.06. The first-order chi connectivity index (χ1) is 17.6. The van der Waals surface area contributed by atoms with Gasteiger partial charge in [-0.1, -0.05) is 17.7 Å². The van der Waals surface area contributed by atoms with Crippen LogP contribution in [-0.4, -0.2) is 27.7 Å². The van der Waals surface area contributed by atoms with Crippen molar-refractivity contribution in [3.8, 4) is 5.75 Å². The van der Waals surface area contributed by atoms with Gasteiger partial charge in [0, 0.05) is 34.9 Å². The second-order valence-electron chi connectivity index (χ2n) is 7.63. The van der Waals surface area contributed by atoms with E-state index in [1.54, 1.807) is 0 Å². The number of non-ortho nitro benzene ring substituents is 2. The minimum absolute atomic E-state index is 0.00817. The zero-order valence-electron chi connectivity index (χ0n) is 18.6. The molecule has 0 radical (unpaired) electrons. The second kappa shape index (κ2) is 10.3. The smallest absolute Gasteiger partial charge is 0.335 e. The molecule has 1 fully saturated rings. The van der Waals surface area contributed by atoms with Crippen LogP contribution in [0.25, 0.3) is 6.08 Å². The predicted octanol–water partition coefficient (Wildman–Crippen LogP) is 4.40. The van der Waals surface area contributed by atoms with Gasteiger partial charge in [0.05, 0.1) is 15.5 Å². The molecule has 12 nitrogen and oxygen atoms in total. The maximum absolute atomic E-state index is 13.2. The number of ether oxygens (including phenoxy) is 1. The van der Waals surface area contributed by atoms with Gasteiger partial charge in [0.1, 0.15) is 17.9 Å².